The maximum Gasteiger partial charge on any atom is 0 e. The van der Waals surface area contributed by atoms with Crippen LogP contribution in [0.3, 0.4) is 0 Å². The van der Waals surface area contributed by atoms with Crippen LogP contribution in [-0.2, 0) is 19.5 Å². The van der Waals surface area contributed by atoms with E-state index in [-0.39, 0.29) is 46.7 Å². The summed E-state index contributed by atoms with van der Waals surface area (Å²) in [5.74, 6) is 0. The molecule has 0 N–H and O–H groups in total. The molecule has 0 atom stereocenters. The fourth-order valence-electron chi connectivity index (χ4n) is 2.27. The van der Waals surface area contributed by atoms with Crippen molar-refractivity contribution >= 4 is 12.4 Å². The van der Waals surface area contributed by atoms with Gasteiger partial charge in [0.25, 0.3) is 0 Å². The van der Waals surface area contributed by atoms with Crippen LogP contribution in [0.25, 0.3) is 0 Å². The van der Waals surface area contributed by atoms with Gasteiger partial charge in [-0.25, -0.2) is 0 Å². The summed E-state index contributed by atoms with van der Waals surface area (Å²) in [6.45, 7) is 12.2. The molecular weight excluding hydrogens is 365 g/mol. The Balaban J connectivity index is -0.0000000579. The third-order valence-corrected chi connectivity index (χ3v) is 3.71. The molecule has 0 aliphatic rings. The summed E-state index contributed by atoms with van der Waals surface area (Å²) in [7, 11) is 0. The Morgan fingerprint density at radius 2 is 0.667 bits per heavy atom. The Morgan fingerprint density at radius 3 is 0.875 bits per heavy atom. The molecule has 0 amide bonds. The smallest absolute Gasteiger partial charge is 0 e. The SMILES string of the molecule is Cl.[CH2-]CCCCCCCCC.[CH2-]CCCCCCCCC.[CH3-].[CH3-].[Zn]. The van der Waals surface area contributed by atoms with Gasteiger partial charge in [-0.1, -0.05) is 104 Å². The predicted octanol–water partition coefficient (Wildman–Crippen LogP) is 9.24. The van der Waals surface area contributed by atoms with Crippen molar-refractivity contribution in [2.24, 2.45) is 0 Å². The van der Waals surface area contributed by atoms with Crippen LogP contribution in [0.15, 0.2) is 0 Å². The third kappa shape index (κ3) is 49.5. The first kappa shape index (κ1) is 39.8. The van der Waals surface area contributed by atoms with Gasteiger partial charge in [0.15, 0.2) is 0 Å². The fourth-order valence-corrected chi connectivity index (χ4v) is 2.27. The van der Waals surface area contributed by atoms with Crippen molar-refractivity contribution in [3.05, 3.63) is 28.7 Å². The van der Waals surface area contributed by atoms with Crippen molar-refractivity contribution in [1.29, 1.82) is 0 Å². The molecule has 0 radical (unpaired) electrons. The normalized spacial score (nSPS) is 8.50. The molecule has 0 bridgehead atoms. The first-order valence-corrected chi connectivity index (χ1v) is 9.41. The van der Waals surface area contributed by atoms with E-state index in [0.29, 0.717) is 0 Å². The van der Waals surface area contributed by atoms with Crippen LogP contribution < -0.4 is 0 Å². The molecule has 0 aromatic carbocycles. The Morgan fingerprint density at radius 1 is 0.458 bits per heavy atom. The predicted molar refractivity (Wildman–Crippen MR) is 116 cm³/mol. The van der Waals surface area contributed by atoms with Gasteiger partial charge < -0.3 is 28.7 Å². The van der Waals surface area contributed by atoms with Crippen molar-refractivity contribution in [3.8, 4) is 0 Å². The second-order valence-corrected chi connectivity index (χ2v) is 5.95. The number of halogens is 1. The standard InChI is InChI=1S/2C10H21.2CH3.ClH.Zn/c2*1-3-5-7-9-10-8-6-4-2;;;;/h2*1,3-10H2,2H3;2*1H3;1H;/q4*-1;;. The summed E-state index contributed by atoms with van der Waals surface area (Å²) < 4.78 is 0. The number of unbranched alkanes of at least 4 members (excludes halogenated alkanes) is 14. The maximum absolute atomic E-state index is 3.82. The van der Waals surface area contributed by atoms with Crippen molar-refractivity contribution < 1.29 is 19.5 Å². The van der Waals surface area contributed by atoms with E-state index in [1.807, 2.05) is 0 Å². The zero-order valence-electron chi connectivity index (χ0n) is 17.8. The molecule has 150 valence electrons. The van der Waals surface area contributed by atoms with Crippen LogP contribution in [-0.4, -0.2) is 0 Å². The van der Waals surface area contributed by atoms with Crippen LogP contribution in [0.2, 0.25) is 0 Å². The average molecular weight is 414 g/mol. The summed E-state index contributed by atoms with van der Waals surface area (Å²) in [4.78, 5) is 0. The van der Waals surface area contributed by atoms with Crippen molar-refractivity contribution in [1.82, 2.24) is 0 Å². The van der Waals surface area contributed by atoms with E-state index in [9.17, 15) is 0 Å². The Kier molecular flexibility index (Phi) is 72.8. The molecule has 0 saturated carbocycles. The van der Waals surface area contributed by atoms with Gasteiger partial charge in [-0.2, -0.15) is 12.8 Å². The van der Waals surface area contributed by atoms with Gasteiger partial charge in [0.2, 0.25) is 0 Å². The zero-order chi connectivity index (χ0) is 15.3. The molecule has 0 spiro atoms. The first-order valence-electron chi connectivity index (χ1n) is 9.41. The van der Waals surface area contributed by atoms with Crippen LogP contribution in [0.1, 0.15) is 117 Å². The minimum Gasteiger partial charge on any atom is -0.358 e. The van der Waals surface area contributed by atoms with Gasteiger partial charge >= 0.3 is 0 Å². The zero-order valence-corrected chi connectivity index (χ0v) is 21.6. The molecule has 0 fully saturated rings. The van der Waals surface area contributed by atoms with E-state index in [1.165, 1.54) is 89.9 Å². The third-order valence-electron chi connectivity index (χ3n) is 3.71. The number of hydrogen-bond donors (Lipinski definition) is 0. The molecule has 2 heteroatoms. The van der Waals surface area contributed by atoms with Gasteiger partial charge in [0.05, 0.1) is 0 Å². The van der Waals surface area contributed by atoms with Gasteiger partial charge in [0, 0.05) is 19.5 Å². The molecule has 0 aliphatic heterocycles. The van der Waals surface area contributed by atoms with E-state index in [1.54, 1.807) is 0 Å². The largest absolute Gasteiger partial charge is 0.358 e. The minimum atomic E-state index is 0. The summed E-state index contributed by atoms with van der Waals surface area (Å²) in [5, 5.41) is 0. The Hall–Kier alpha value is 0.913. The van der Waals surface area contributed by atoms with Gasteiger partial charge in [0.1, 0.15) is 0 Å². The minimum absolute atomic E-state index is 0. The molecule has 0 saturated heterocycles. The Labute approximate surface area is 176 Å². The molecule has 0 unspecified atom stereocenters. The first-order chi connectivity index (χ1) is 9.83. The van der Waals surface area contributed by atoms with Crippen LogP contribution in [0.5, 0.6) is 0 Å². The van der Waals surface area contributed by atoms with Gasteiger partial charge in [-0.3, -0.25) is 0 Å². The van der Waals surface area contributed by atoms with Gasteiger partial charge in [-0.15, -0.1) is 12.4 Å². The van der Waals surface area contributed by atoms with E-state index < -0.39 is 0 Å². The second kappa shape index (κ2) is 43.9. The summed E-state index contributed by atoms with van der Waals surface area (Å²) in [6, 6.07) is 0. The van der Waals surface area contributed by atoms with E-state index in [4.69, 9.17) is 0 Å². The summed E-state index contributed by atoms with van der Waals surface area (Å²) >= 11 is 0. The molecule has 24 heavy (non-hydrogen) atoms. The number of hydrogen-bond acceptors (Lipinski definition) is 0. The molecule has 0 heterocycles. The Bertz CT molecular complexity index is 108. The second-order valence-electron chi connectivity index (χ2n) is 5.95. The summed E-state index contributed by atoms with van der Waals surface area (Å²) in [5.41, 5.74) is 0. The molecule has 0 rings (SSSR count). The monoisotopic (exact) mass is 412 g/mol. The molecular formula is C22H49ClZn-4. The van der Waals surface area contributed by atoms with Crippen molar-refractivity contribution in [2.75, 3.05) is 0 Å². The van der Waals surface area contributed by atoms with Crippen molar-refractivity contribution in [2.45, 2.75) is 117 Å². The molecule has 0 aromatic heterocycles. The summed E-state index contributed by atoms with van der Waals surface area (Å²) in [6.07, 6.45) is 21.8. The van der Waals surface area contributed by atoms with Gasteiger partial charge in [-0.05, 0) is 0 Å². The molecule has 0 nitrogen and oxygen atoms in total. The van der Waals surface area contributed by atoms with Crippen LogP contribution in [0.4, 0.5) is 0 Å². The fraction of sp³-hybridized carbons (Fsp3) is 0.818. The topological polar surface area (TPSA) is 0 Å². The molecule has 0 aromatic rings. The van der Waals surface area contributed by atoms with E-state index in [0.717, 1.165) is 12.8 Å². The number of rotatable bonds is 14. The maximum atomic E-state index is 3.82. The van der Waals surface area contributed by atoms with Crippen molar-refractivity contribution in [3.63, 3.8) is 0 Å². The average Bonchev–Trinajstić information content (AvgIpc) is 2.47. The molecule has 0 aliphatic carbocycles. The van der Waals surface area contributed by atoms with Crippen LogP contribution >= 0.6 is 12.4 Å². The van der Waals surface area contributed by atoms with Crippen LogP contribution in [0, 0.1) is 28.7 Å². The quantitative estimate of drug-likeness (QED) is 0.151. The van der Waals surface area contributed by atoms with E-state index >= 15 is 0 Å². The van der Waals surface area contributed by atoms with E-state index in [2.05, 4.69) is 27.7 Å².